The smallest absolute Gasteiger partial charge is 0.308 e. The molecule has 0 aliphatic rings. The van der Waals surface area contributed by atoms with E-state index in [1.54, 1.807) is 12.1 Å². The van der Waals surface area contributed by atoms with E-state index in [9.17, 15) is 4.79 Å². The van der Waals surface area contributed by atoms with Gasteiger partial charge in [0.05, 0.1) is 0 Å². The molecule has 3 nitrogen and oxygen atoms in total. The second kappa shape index (κ2) is 4.77. The van der Waals surface area contributed by atoms with Crippen LogP contribution in [0.25, 0.3) is 0 Å². The van der Waals surface area contributed by atoms with E-state index >= 15 is 0 Å². The van der Waals surface area contributed by atoms with E-state index in [1.807, 2.05) is 19.1 Å². The number of ether oxygens (including phenoxy) is 1. The third kappa shape index (κ3) is 2.85. The second-order valence-electron chi connectivity index (χ2n) is 3.18. The van der Waals surface area contributed by atoms with Crippen LogP contribution in [-0.4, -0.2) is 5.97 Å². The molecule has 0 bridgehead atoms. The molecule has 3 heteroatoms. The lowest BCUT2D eigenvalue weighted by molar-refractivity contribution is -0.131. The van der Waals surface area contributed by atoms with E-state index < -0.39 is 0 Å². The lowest BCUT2D eigenvalue weighted by Gasteiger charge is -2.10. The monoisotopic (exact) mass is 193 g/mol. The zero-order valence-electron chi connectivity index (χ0n) is 8.49. The van der Waals surface area contributed by atoms with Crippen LogP contribution in [0.3, 0.4) is 0 Å². The van der Waals surface area contributed by atoms with Crippen molar-refractivity contribution in [1.29, 1.82) is 0 Å². The minimum Gasteiger partial charge on any atom is -0.427 e. The first-order valence-electron chi connectivity index (χ1n) is 4.67. The summed E-state index contributed by atoms with van der Waals surface area (Å²) in [6.45, 7) is 3.40. The molecule has 0 radical (unpaired) electrons. The van der Waals surface area contributed by atoms with Crippen LogP contribution in [0.4, 0.5) is 0 Å². The number of carbonyl (C=O) groups is 1. The third-order valence-corrected chi connectivity index (χ3v) is 1.99. The third-order valence-electron chi connectivity index (χ3n) is 1.99. The van der Waals surface area contributed by atoms with Gasteiger partial charge in [0.1, 0.15) is 5.75 Å². The molecule has 0 amide bonds. The van der Waals surface area contributed by atoms with Crippen LogP contribution in [0.2, 0.25) is 0 Å². The topological polar surface area (TPSA) is 52.3 Å². The van der Waals surface area contributed by atoms with E-state index in [1.165, 1.54) is 6.92 Å². The number of nitrogens with two attached hydrogens (primary N) is 1. The van der Waals surface area contributed by atoms with Crippen LogP contribution in [0.5, 0.6) is 5.75 Å². The summed E-state index contributed by atoms with van der Waals surface area (Å²) in [5, 5.41) is 0. The van der Waals surface area contributed by atoms with Crippen LogP contribution < -0.4 is 10.5 Å². The van der Waals surface area contributed by atoms with Crippen LogP contribution >= 0.6 is 0 Å². The van der Waals surface area contributed by atoms with Crippen molar-refractivity contribution in [2.75, 3.05) is 0 Å². The van der Waals surface area contributed by atoms with Gasteiger partial charge in [-0.15, -0.1) is 0 Å². The SMILES string of the molecule is CCC(N)c1cccc(OC(C)=O)c1. The van der Waals surface area contributed by atoms with Crippen molar-refractivity contribution in [2.24, 2.45) is 5.73 Å². The summed E-state index contributed by atoms with van der Waals surface area (Å²) in [4.78, 5) is 10.7. The Morgan fingerprint density at radius 2 is 2.29 bits per heavy atom. The predicted molar refractivity (Wildman–Crippen MR) is 55.0 cm³/mol. The minimum absolute atomic E-state index is 0.00510. The number of hydrogen-bond acceptors (Lipinski definition) is 3. The number of benzene rings is 1. The first kappa shape index (κ1) is 10.7. The van der Waals surface area contributed by atoms with Gasteiger partial charge in [0.2, 0.25) is 0 Å². The summed E-state index contributed by atoms with van der Waals surface area (Å²) >= 11 is 0. The summed E-state index contributed by atoms with van der Waals surface area (Å²) in [6.07, 6.45) is 0.865. The van der Waals surface area contributed by atoms with Gasteiger partial charge in [-0.1, -0.05) is 19.1 Å². The number of hydrogen-bond donors (Lipinski definition) is 1. The summed E-state index contributed by atoms with van der Waals surface area (Å²) in [7, 11) is 0. The standard InChI is InChI=1S/C11H15NO2/c1-3-11(12)9-5-4-6-10(7-9)14-8(2)13/h4-7,11H,3,12H2,1-2H3. The van der Waals surface area contributed by atoms with E-state index in [0.29, 0.717) is 5.75 Å². The van der Waals surface area contributed by atoms with Gasteiger partial charge in [-0.3, -0.25) is 4.79 Å². The zero-order valence-corrected chi connectivity index (χ0v) is 8.49. The minimum atomic E-state index is -0.313. The molecule has 0 saturated heterocycles. The van der Waals surface area contributed by atoms with E-state index in [0.717, 1.165) is 12.0 Å². The van der Waals surface area contributed by atoms with Gasteiger partial charge < -0.3 is 10.5 Å². The van der Waals surface area contributed by atoms with Crippen LogP contribution in [0.1, 0.15) is 31.9 Å². The maximum absolute atomic E-state index is 10.7. The van der Waals surface area contributed by atoms with Gasteiger partial charge in [0.15, 0.2) is 0 Å². The van der Waals surface area contributed by atoms with Gasteiger partial charge in [-0.25, -0.2) is 0 Å². The summed E-state index contributed by atoms with van der Waals surface area (Å²) < 4.78 is 4.96. The van der Waals surface area contributed by atoms with Crippen molar-refractivity contribution in [3.05, 3.63) is 29.8 Å². The Balaban J connectivity index is 2.83. The maximum atomic E-state index is 10.7. The second-order valence-corrected chi connectivity index (χ2v) is 3.18. The Morgan fingerprint density at radius 3 is 2.86 bits per heavy atom. The molecule has 2 N–H and O–H groups in total. The Morgan fingerprint density at radius 1 is 1.57 bits per heavy atom. The Hall–Kier alpha value is -1.35. The van der Waals surface area contributed by atoms with Crippen molar-refractivity contribution in [3.8, 4) is 5.75 Å². The first-order valence-corrected chi connectivity index (χ1v) is 4.67. The molecular formula is C11H15NO2. The Bertz CT molecular complexity index is 323. The molecule has 1 unspecified atom stereocenters. The predicted octanol–water partition coefficient (Wildman–Crippen LogP) is 2.02. The zero-order chi connectivity index (χ0) is 10.6. The van der Waals surface area contributed by atoms with Gasteiger partial charge >= 0.3 is 5.97 Å². The lowest BCUT2D eigenvalue weighted by Crippen LogP contribution is -2.09. The highest BCUT2D eigenvalue weighted by Gasteiger charge is 2.05. The molecule has 1 rings (SSSR count). The highest BCUT2D eigenvalue weighted by Crippen LogP contribution is 2.19. The maximum Gasteiger partial charge on any atom is 0.308 e. The molecule has 1 aromatic rings. The van der Waals surface area contributed by atoms with Crippen molar-refractivity contribution < 1.29 is 9.53 Å². The molecule has 0 aliphatic heterocycles. The highest BCUT2D eigenvalue weighted by molar-refractivity contribution is 5.69. The van der Waals surface area contributed by atoms with Crippen LogP contribution in [0, 0.1) is 0 Å². The molecular weight excluding hydrogens is 178 g/mol. The average molecular weight is 193 g/mol. The number of rotatable bonds is 3. The average Bonchev–Trinajstić information content (AvgIpc) is 2.16. The largest absolute Gasteiger partial charge is 0.427 e. The summed E-state index contributed by atoms with van der Waals surface area (Å²) in [5.74, 6) is 0.242. The van der Waals surface area contributed by atoms with Gasteiger partial charge in [0.25, 0.3) is 0 Å². The fraction of sp³-hybridized carbons (Fsp3) is 0.364. The van der Waals surface area contributed by atoms with Gasteiger partial charge in [-0.2, -0.15) is 0 Å². The van der Waals surface area contributed by atoms with E-state index in [2.05, 4.69) is 0 Å². The highest BCUT2D eigenvalue weighted by atomic mass is 16.5. The molecule has 14 heavy (non-hydrogen) atoms. The van der Waals surface area contributed by atoms with Crippen molar-refractivity contribution in [3.63, 3.8) is 0 Å². The fourth-order valence-corrected chi connectivity index (χ4v) is 1.21. The van der Waals surface area contributed by atoms with Crippen molar-refractivity contribution in [1.82, 2.24) is 0 Å². The fourth-order valence-electron chi connectivity index (χ4n) is 1.21. The molecule has 1 atom stereocenters. The van der Waals surface area contributed by atoms with Crippen LogP contribution in [0.15, 0.2) is 24.3 Å². The van der Waals surface area contributed by atoms with Gasteiger partial charge in [-0.05, 0) is 24.1 Å². The molecule has 0 heterocycles. The number of esters is 1. The molecule has 0 aromatic heterocycles. The molecule has 0 saturated carbocycles. The normalized spacial score (nSPS) is 12.2. The quantitative estimate of drug-likeness (QED) is 0.590. The lowest BCUT2D eigenvalue weighted by atomic mass is 10.1. The summed E-state index contributed by atoms with van der Waals surface area (Å²) in [5.41, 5.74) is 6.85. The Kier molecular flexibility index (Phi) is 3.65. The molecule has 76 valence electrons. The van der Waals surface area contributed by atoms with Crippen molar-refractivity contribution >= 4 is 5.97 Å². The molecule has 0 fully saturated rings. The summed E-state index contributed by atoms with van der Waals surface area (Å²) in [6, 6.07) is 7.32. The number of carbonyl (C=O) groups excluding carboxylic acids is 1. The first-order chi connectivity index (χ1) is 6.63. The molecule has 1 aromatic carbocycles. The van der Waals surface area contributed by atoms with E-state index in [-0.39, 0.29) is 12.0 Å². The molecule has 0 spiro atoms. The Labute approximate surface area is 83.9 Å². The van der Waals surface area contributed by atoms with E-state index in [4.69, 9.17) is 10.5 Å². The van der Waals surface area contributed by atoms with Crippen LogP contribution in [-0.2, 0) is 4.79 Å². The molecule has 0 aliphatic carbocycles. The van der Waals surface area contributed by atoms with Crippen molar-refractivity contribution in [2.45, 2.75) is 26.3 Å². The van der Waals surface area contributed by atoms with Gasteiger partial charge in [0, 0.05) is 13.0 Å².